The van der Waals surface area contributed by atoms with Gasteiger partial charge in [-0.2, -0.15) is 0 Å². The quantitative estimate of drug-likeness (QED) is 0.247. The number of aliphatic hydroxyl groups is 1. The molecule has 0 saturated heterocycles. The van der Waals surface area contributed by atoms with E-state index in [-0.39, 0.29) is 18.5 Å². The van der Waals surface area contributed by atoms with Gasteiger partial charge < -0.3 is 17.5 Å². The number of rotatable bonds is 12. The summed E-state index contributed by atoms with van der Waals surface area (Å²) in [5, 5.41) is 14.6. The van der Waals surface area contributed by atoms with E-state index < -0.39 is 7.26 Å². The topological polar surface area (TPSA) is 20.2 Å². The van der Waals surface area contributed by atoms with Crippen molar-refractivity contribution in [2.75, 3.05) is 6.16 Å². The second kappa shape index (κ2) is 14.3. The lowest BCUT2D eigenvalue weighted by atomic mass is 10.1. The number of aliphatic hydroxyl groups excluding tert-OH is 1. The molecule has 3 heteroatoms. The molecule has 3 rings (SSSR count). The molecule has 0 spiro atoms. The Balaban J connectivity index is 0.00000363. The van der Waals surface area contributed by atoms with Crippen molar-refractivity contribution >= 4 is 23.2 Å². The van der Waals surface area contributed by atoms with E-state index in [0.717, 1.165) is 25.4 Å². The molecule has 0 heterocycles. The van der Waals surface area contributed by atoms with Gasteiger partial charge in [-0.05, 0) is 49.2 Å². The highest BCUT2D eigenvalue weighted by Gasteiger charge is 2.43. The van der Waals surface area contributed by atoms with E-state index in [1.807, 2.05) is 0 Å². The van der Waals surface area contributed by atoms with Crippen LogP contribution in [0.5, 0.6) is 0 Å². The average Bonchev–Trinajstić information content (AvgIpc) is 2.84. The van der Waals surface area contributed by atoms with Gasteiger partial charge in [0.05, 0.1) is 12.3 Å². The molecule has 0 amide bonds. The van der Waals surface area contributed by atoms with Gasteiger partial charge in [0.15, 0.2) is 0 Å². The van der Waals surface area contributed by atoms with E-state index in [2.05, 4.69) is 110 Å². The van der Waals surface area contributed by atoms with Crippen molar-refractivity contribution in [3.05, 3.63) is 103 Å². The normalized spacial score (nSPS) is 12.4. The minimum atomic E-state index is -1.81. The molecule has 1 N–H and O–H groups in total. The van der Waals surface area contributed by atoms with Crippen LogP contribution in [0, 0.1) is 0 Å². The molecule has 3 aromatic rings. The first-order chi connectivity index (χ1) is 15.3. The summed E-state index contributed by atoms with van der Waals surface area (Å²) in [6.07, 6.45) is 11.7. The van der Waals surface area contributed by atoms with Gasteiger partial charge >= 0.3 is 0 Å². The highest BCUT2D eigenvalue weighted by Crippen LogP contribution is 2.55. The van der Waals surface area contributed by atoms with Gasteiger partial charge in [-0.25, -0.2) is 0 Å². The van der Waals surface area contributed by atoms with E-state index in [9.17, 15) is 5.11 Å². The summed E-state index contributed by atoms with van der Waals surface area (Å²) < 4.78 is 0. The first-order valence-electron chi connectivity index (χ1n) is 11.7. The summed E-state index contributed by atoms with van der Waals surface area (Å²) in [5.41, 5.74) is 0. The van der Waals surface area contributed by atoms with E-state index >= 15 is 0 Å². The second-order valence-electron chi connectivity index (χ2n) is 8.21. The van der Waals surface area contributed by atoms with E-state index in [0.29, 0.717) is 0 Å². The minimum Gasteiger partial charge on any atom is -1.00 e. The summed E-state index contributed by atoms with van der Waals surface area (Å²) >= 11 is 0. The first-order valence-corrected chi connectivity index (χ1v) is 13.6. The van der Waals surface area contributed by atoms with E-state index in [4.69, 9.17) is 0 Å². The van der Waals surface area contributed by atoms with Gasteiger partial charge in [-0.3, -0.25) is 0 Å². The third kappa shape index (κ3) is 7.04. The molecule has 3 aromatic carbocycles. The van der Waals surface area contributed by atoms with E-state index in [1.165, 1.54) is 35.2 Å². The lowest BCUT2D eigenvalue weighted by molar-refractivity contribution is -0.00000851. The third-order valence-corrected chi connectivity index (χ3v) is 10.2. The molecule has 0 aliphatic rings. The van der Waals surface area contributed by atoms with Crippen molar-refractivity contribution in [1.82, 2.24) is 0 Å². The SMILES string of the molecule is CCCCCC[C@@H](O)CC=CC[P+](c1ccccc1)(c1ccccc1)c1ccccc1.[Cl-]. The lowest BCUT2D eigenvalue weighted by Crippen LogP contribution is -3.00. The molecule has 1 nitrogen and oxygen atoms in total. The van der Waals surface area contributed by atoms with Crippen molar-refractivity contribution in [2.24, 2.45) is 0 Å². The summed E-state index contributed by atoms with van der Waals surface area (Å²) in [6.45, 7) is 2.22. The van der Waals surface area contributed by atoms with E-state index in [1.54, 1.807) is 0 Å². The molecule has 0 bridgehead atoms. The highest BCUT2D eigenvalue weighted by atomic mass is 35.5. The van der Waals surface area contributed by atoms with Crippen LogP contribution in [0.3, 0.4) is 0 Å². The minimum absolute atomic E-state index is 0. The van der Waals surface area contributed by atoms with Crippen LogP contribution in [0.25, 0.3) is 0 Å². The number of benzene rings is 3. The van der Waals surface area contributed by atoms with Crippen molar-refractivity contribution in [1.29, 1.82) is 0 Å². The Morgan fingerprint density at radius 3 is 1.59 bits per heavy atom. The Bertz CT molecular complexity index is 800. The van der Waals surface area contributed by atoms with Crippen LogP contribution in [0.4, 0.5) is 0 Å². The average molecular weight is 467 g/mol. The van der Waals surface area contributed by atoms with Crippen LogP contribution >= 0.6 is 7.26 Å². The maximum atomic E-state index is 10.4. The molecular formula is C29H36ClOP. The van der Waals surface area contributed by atoms with Crippen molar-refractivity contribution in [2.45, 2.75) is 51.6 Å². The molecule has 32 heavy (non-hydrogen) atoms. The number of allylic oxidation sites excluding steroid dienone is 1. The fraction of sp³-hybridized carbons (Fsp3) is 0.310. The fourth-order valence-corrected chi connectivity index (χ4v) is 8.26. The number of halogens is 1. The maximum absolute atomic E-state index is 10.4. The van der Waals surface area contributed by atoms with Gasteiger partial charge in [0.1, 0.15) is 23.2 Å². The molecule has 0 saturated carbocycles. The summed E-state index contributed by atoms with van der Waals surface area (Å²) in [4.78, 5) is 0. The van der Waals surface area contributed by atoms with Crippen LogP contribution in [0.15, 0.2) is 103 Å². The molecule has 1 atom stereocenters. The smallest absolute Gasteiger partial charge is 0.115 e. The number of hydrogen-bond acceptors (Lipinski definition) is 1. The van der Waals surface area contributed by atoms with Gasteiger partial charge in [-0.15, -0.1) is 0 Å². The lowest BCUT2D eigenvalue weighted by Gasteiger charge is -2.26. The van der Waals surface area contributed by atoms with Gasteiger partial charge in [-0.1, -0.05) is 99.4 Å². The second-order valence-corrected chi connectivity index (χ2v) is 11.7. The van der Waals surface area contributed by atoms with Crippen LogP contribution < -0.4 is 28.3 Å². The maximum Gasteiger partial charge on any atom is 0.115 e. The van der Waals surface area contributed by atoms with Crippen LogP contribution in [0.2, 0.25) is 0 Å². The molecule has 170 valence electrons. The molecule has 0 fully saturated rings. The number of hydrogen-bond donors (Lipinski definition) is 1. The van der Waals surface area contributed by atoms with Gasteiger partial charge in [0, 0.05) is 0 Å². The Hall–Kier alpha value is -1.92. The monoisotopic (exact) mass is 466 g/mol. The third-order valence-electron chi connectivity index (χ3n) is 5.94. The largest absolute Gasteiger partial charge is 1.00 e. The highest BCUT2D eigenvalue weighted by molar-refractivity contribution is 7.95. The summed E-state index contributed by atoms with van der Waals surface area (Å²) in [7, 11) is -1.81. The fourth-order valence-electron chi connectivity index (χ4n) is 4.22. The summed E-state index contributed by atoms with van der Waals surface area (Å²) in [6, 6.07) is 32.9. The zero-order valence-corrected chi connectivity index (χ0v) is 20.8. The molecular weight excluding hydrogens is 431 g/mol. The van der Waals surface area contributed by atoms with Crippen LogP contribution in [-0.4, -0.2) is 17.4 Å². The zero-order valence-electron chi connectivity index (χ0n) is 19.1. The Morgan fingerprint density at radius 2 is 1.16 bits per heavy atom. The Morgan fingerprint density at radius 1 is 0.688 bits per heavy atom. The molecule has 0 aromatic heterocycles. The van der Waals surface area contributed by atoms with Crippen LogP contribution in [0.1, 0.15) is 45.4 Å². The molecule has 0 aliphatic carbocycles. The van der Waals surface area contributed by atoms with Crippen molar-refractivity contribution in [3.63, 3.8) is 0 Å². The Labute approximate surface area is 201 Å². The first kappa shape index (κ1) is 26.3. The molecule has 0 radical (unpaired) electrons. The Kier molecular flexibility index (Phi) is 11.7. The van der Waals surface area contributed by atoms with Gasteiger partial charge in [0.25, 0.3) is 0 Å². The van der Waals surface area contributed by atoms with Gasteiger partial charge in [0.2, 0.25) is 0 Å². The predicted octanol–water partition coefficient (Wildman–Crippen LogP) is 3.26. The number of unbranched alkanes of at least 4 members (excludes halogenated alkanes) is 3. The van der Waals surface area contributed by atoms with Crippen molar-refractivity contribution < 1.29 is 17.5 Å². The standard InChI is InChI=1S/C29H36OP.ClH/c1-2-3-4-8-17-26(30)18-15-16-25-31(27-19-9-5-10-20-27,28-21-11-6-12-22-28)29-23-13-7-14-24-29;/h5-7,9-16,19-24,26,30H,2-4,8,17-18,25H2,1H3;1H/q+1;/p-1/t26-;/m1./s1. The summed E-state index contributed by atoms with van der Waals surface area (Å²) in [5.74, 6) is 0. The predicted molar refractivity (Wildman–Crippen MR) is 139 cm³/mol. The molecule has 0 aliphatic heterocycles. The molecule has 0 unspecified atom stereocenters. The zero-order chi connectivity index (χ0) is 21.8. The van der Waals surface area contributed by atoms with Crippen molar-refractivity contribution in [3.8, 4) is 0 Å². The van der Waals surface area contributed by atoms with Crippen LogP contribution in [-0.2, 0) is 0 Å².